The monoisotopic (exact) mass is 267 g/mol. The Labute approximate surface area is 111 Å². The summed E-state index contributed by atoms with van der Waals surface area (Å²) in [6, 6.07) is 3.76. The largest absolute Gasteiger partial charge is 0.491 e. The van der Waals surface area contributed by atoms with E-state index in [1.807, 2.05) is 6.92 Å². The maximum absolute atomic E-state index is 11.0. The highest BCUT2D eigenvalue weighted by molar-refractivity contribution is 5.92. The normalized spacial score (nSPS) is 12.2. The molecule has 0 spiro atoms. The van der Waals surface area contributed by atoms with Crippen molar-refractivity contribution in [2.45, 2.75) is 33.3 Å². The Bertz CT molecular complexity index is 484. The lowest BCUT2D eigenvalue weighted by Gasteiger charge is -2.16. The van der Waals surface area contributed by atoms with Crippen LogP contribution in [0.25, 0.3) is 0 Å². The summed E-state index contributed by atoms with van der Waals surface area (Å²) in [5, 5.41) is 19.7. The molecule has 0 aromatic heterocycles. The minimum atomic E-state index is -1.34. The molecular weight excluding hydrogens is 250 g/mol. The molecule has 0 saturated carbocycles. The van der Waals surface area contributed by atoms with Crippen LogP contribution in [-0.4, -0.2) is 22.1 Å². The summed E-state index contributed by atoms with van der Waals surface area (Å²) in [6.07, 6.45) is 0.738. The van der Waals surface area contributed by atoms with Crippen molar-refractivity contribution in [3.05, 3.63) is 33.9 Å². The number of benzene rings is 1. The molecule has 19 heavy (non-hydrogen) atoms. The van der Waals surface area contributed by atoms with Gasteiger partial charge in [0.25, 0.3) is 5.69 Å². The van der Waals surface area contributed by atoms with Crippen LogP contribution in [0.2, 0.25) is 0 Å². The molecule has 0 aliphatic heterocycles. The first-order valence-electron chi connectivity index (χ1n) is 5.99. The number of nitro groups is 1. The van der Waals surface area contributed by atoms with E-state index >= 15 is 0 Å². The third kappa shape index (κ3) is 4.24. The van der Waals surface area contributed by atoms with Crippen molar-refractivity contribution in [3.63, 3.8) is 0 Å². The molecule has 0 saturated heterocycles. The molecule has 1 unspecified atom stereocenters. The number of rotatable bonds is 6. The number of aromatic carboxylic acids is 1. The second-order valence-corrected chi connectivity index (χ2v) is 4.80. The maximum Gasteiger partial charge on any atom is 0.342 e. The number of nitrogens with zero attached hydrogens (tertiary/aromatic N) is 1. The van der Waals surface area contributed by atoms with Crippen molar-refractivity contribution < 1.29 is 19.6 Å². The van der Waals surface area contributed by atoms with Crippen LogP contribution in [0.3, 0.4) is 0 Å². The predicted molar refractivity (Wildman–Crippen MR) is 69.6 cm³/mol. The van der Waals surface area contributed by atoms with Crippen LogP contribution >= 0.6 is 0 Å². The first kappa shape index (κ1) is 14.9. The lowest BCUT2D eigenvalue weighted by Crippen LogP contribution is -2.15. The van der Waals surface area contributed by atoms with Crippen LogP contribution in [0, 0.1) is 16.0 Å². The zero-order valence-electron chi connectivity index (χ0n) is 11.1. The molecule has 0 radical (unpaired) electrons. The molecule has 1 rings (SSSR count). The molecule has 104 valence electrons. The van der Waals surface area contributed by atoms with E-state index in [1.165, 1.54) is 12.1 Å². The Morgan fingerprint density at radius 3 is 2.53 bits per heavy atom. The second kappa shape index (κ2) is 6.17. The first-order chi connectivity index (χ1) is 8.81. The highest BCUT2D eigenvalue weighted by Crippen LogP contribution is 2.25. The average molecular weight is 267 g/mol. The molecule has 1 aromatic carbocycles. The Balaban J connectivity index is 2.96. The van der Waals surface area contributed by atoms with Crippen LogP contribution in [0.4, 0.5) is 5.69 Å². The van der Waals surface area contributed by atoms with Crippen LogP contribution in [0.1, 0.15) is 37.6 Å². The van der Waals surface area contributed by atoms with Gasteiger partial charge in [-0.05, 0) is 25.3 Å². The molecule has 0 bridgehead atoms. The van der Waals surface area contributed by atoms with E-state index in [9.17, 15) is 14.9 Å². The minimum absolute atomic E-state index is 0.0805. The van der Waals surface area contributed by atoms with E-state index in [0.717, 1.165) is 12.5 Å². The Hall–Kier alpha value is -2.11. The van der Waals surface area contributed by atoms with E-state index < -0.39 is 16.6 Å². The first-order valence-corrected chi connectivity index (χ1v) is 5.99. The molecule has 1 aromatic rings. The van der Waals surface area contributed by atoms with Crippen molar-refractivity contribution in [1.82, 2.24) is 0 Å². The molecule has 0 heterocycles. The number of carbonyl (C=O) groups is 1. The molecule has 0 aliphatic rings. The van der Waals surface area contributed by atoms with Crippen LogP contribution in [0.15, 0.2) is 18.2 Å². The summed E-state index contributed by atoms with van der Waals surface area (Å²) in [6.45, 7) is 5.98. The van der Waals surface area contributed by atoms with Crippen molar-refractivity contribution in [3.8, 4) is 5.75 Å². The van der Waals surface area contributed by atoms with Gasteiger partial charge in [-0.25, -0.2) is 4.79 Å². The van der Waals surface area contributed by atoms with E-state index in [2.05, 4.69) is 13.8 Å². The van der Waals surface area contributed by atoms with E-state index in [1.54, 1.807) is 0 Å². The molecule has 6 heteroatoms. The molecule has 0 amide bonds. The SMILES string of the molecule is CC(C)CC(C)Oc1ccc([N+](=O)[O-])c(C(=O)O)c1. The van der Waals surface area contributed by atoms with Gasteiger partial charge >= 0.3 is 5.97 Å². The van der Waals surface area contributed by atoms with Gasteiger partial charge in [0.05, 0.1) is 11.0 Å². The second-order valence-electron chi connectivity index (χ2n) is 4.80. The third-order valence-corrected chi connectivity index (χ3v) is 2.54. The van der Waals surface area contributed by atoms with Gasteiger partial charge in [0, 0.05) is 12.1 Å². The van der Waals surface area contributed by atoms with Gasteiger partial charge in [-0.3, -0.25) is 10.1 Å². The van der Waals surface area contributed by atoms with Gasteiger partial charge < -0.3 is 9.84 Å². The summed E-state index contributed by atoms with van der Waals surface area (Å²) >= 11 is 0. The summed E-state index contributed by atoms with van der Waals surface area (Å²) in [5.41, 5.74) is -0.796. The quantitative estimate of drug-likeness (QED) is 0.631. The standard InChI is InChI=1S/C13H17NO5/c1-8(2)6-9(3)19-10-4-5-12(14(17)18)11(7-10)13(15)16/h4-5,7-9H,6H2,1-3H3,(H,15,16). The van der Waals surface area contributed by atoms with Gasteiger partial charge in [-0.15, -0.1) is 0 Å². The number of ether oxygens (including phenoxy) is 1. The minimum Gasteiger partial charge on any atom is -0.491 e. The van der Waals surface area contributed by atoms with Gasteiger partial charge in [0.2, 0.25) is 0 Å². The zero-order valence-corrected chi connectivity index (χ0v) is 11.1. The fourth-order valence-electron chi connectivity index (χ4n) is 1.86. The summed E-state index contributed by atoms with van der Waals surface area (Å²) in [4.78, 5) is 21.0. The van der Waals surface area contributed by atoms with E-state index in [-0.39, 0.29) is 11.7 Å². The van der Waals surface area contributed by atoms with Crippen molar-refractivity contribution in [1.29, 1.82) is 0 Å². The maximum atomic E-state index is 11.0. The molecule has 1 N–H and O–H groups in total. The van der Waals surface area contributed by atoms with Gasteiger partial charge in [-0.2, -0.15) is 0 Å². The topological polar surface area (TPSA) is 89.7 Å². The lowest BCUT2D eigenvalue weighted by atomic mass is 10.1. The fourth-order valence-corrected chi connectivity index (χ4v) is 1.86. The average Bonchev–Trinajstić information content (AvgIpc) is 2.27. The number of carboxylic acid groups (broad SMARTS) is 1. The number of carboxylic acids is 1. The fraction of sp³-hybridized carbons (Fsp3) is 0.462. The van der Waals surface area contributed by atoms with E-state index in [0.29, 0.717) is 11.7 Å². The zero-order chi connectivity index (χ0) is 14.6. The van der Waals surface area contributed by atoms with Crippen LogP contribution < -0.4 is 4.74 Å². The Morgan fingerprint density at radius 2 is 2.05 bits per heavy atom. The number of hydrogen-bond donors (Lipinski definition) is 1. The molecule has 6 nitrogen and oxygen atoms in total. The predicted octanol–water partition coefficient (Wildman–Crippen LogP) is 3.11. The lowest BCUT2D eigenvalue weighted by molar-refractivity contribution is -0.385. The van der Waals surface area contributed by atoms with Crippen LogP contribution in [-0.2, 0) is 0 Å². The molecule has 0 fully saturated rings. The van der Waals surface area contributed by atoms with Gasteiger partial charge in [-0.1, -0.05) is 13.8 Å². The van der Waals surface area contributed by atoms with Crippen molar-refractivity contribution >= 4 is 11.7 Å². The Kier molecular flexibility index (Phi) is 4.86. The number of hydrogen-bond acceptors (Lipinski definition) is 4. The van der Waals surface area contributed by atoms with E-state index in [4.69, 9.17) is 9.84 Å². The smallest absolute Gasteiger partial charge is 0.342 e. The number of nitro benzene ring substituents is 1. The summed E-state index contributed by atoms with van der Waals surface area (Å²) in [7, 11) is 0. The third-order valence-electron chi connectivity index (χ3n) is 2.54. The van der Waals surface area contributed by atoms with Gasteiger partial charge in [0.1, 0.15) is 11.3 Å². The molecular formula is C13H17NO5. The Morgan fingerprint density at radius 1 is 1.42 bits per heavy atom. The molecule has 0 aliphatic carbocycles. The van der Waals surface area contributed by atoms with Crippen molar-refractivity contribution in [2.24, 2.45) is 5.92 Å². The highest BCUT2D eigenvalue weighted by atomic mass is 16.6. The van der Waals surface area contributed by atoms with Crippen LogP contribution in [0.5, 0.6) is 5.75 Å². The van der Waals surface area contributed by atoms with Crippen molar-refractivity contribution in [2.75, 3.05) is 0 Å². The highest BCUT2D eigenvalue weighted by Gasteiger charge is 2.21. The van der Waals surface area contributed by atoms with Gasteiger partial charge in [0.15, 0.2) is 0 Å². The summed E-state index contributed by atoms with van der Waals surface area (Å²) in [5.74, 6) is -0.559. The summed E-state index contributed by atoms with van der Waals surface area (Å²) < 4.78 is 5.56. The molecule has 1 atom stereocenters.